The second-order valence-corrected chi connectivity index (χ2v) is 12.8. The van der Waals surface area contributed by atoms with E-state index >= 15 is 0 Å². The molecule has 1 heteroatoms. The van der Waals surface area contributed by atoms with E-state index < -0.39 is 0 Å². The Bertz CT molecular complexity index is 2860. The van der Waals surface area contributed by atoms with E-state index in [2.05, 4.69) is 182 Å². The highest BCUT2D eigenvalue weighted by atomic mass is 16.3. The van der Waals surface area contributed by atoms with E-state index in [1.807, 2.05) is 0 Å². The topological polar surface area (TPSA) is 13.1 Å². The lowest BCUT2D eigenvalue weighted by atomic mass is 9.83. The van der Waals surface area contributed by atoms with Gasteiger partial charge in [-0.2, -0.15) is 0 Å². The smallest absolute Gasteiger partial charge is 0.136 e. The Labute approximate surface area is 284 Å². The van der Waals surface area contributed by atoms with E-state index in [1.54, 1.807) is 0 Å². The third-order valence-corrected chi connectivity index (χ3v) is 10.0. The molecule has 49 heavy (non-hydrogen) atoms. The fourth-order valence-electron chi connectivity index (χ4n) is 7.79. The molecule has 0 fully saturated rings. The Balaban J connectivity index is 1.34. The molecule has 0 saturated heterocycles. The van der Waals surface area contributed by atoms with Gasteiger partial charge in [-0.05, 0) is 107 Å². The Hall–Kier alpha value is -6.44. The van der Waals surface area contributed by atoms with Crippen LogP contribution in [-0.2, 0) is 0 Å². The van der Waals surface area contributed by atoms with Crippen LogP contribution in [0.25, 0.3) is 98.8 Å². The molecular formula is C48H30O. The lowest BCUT2D eigenvalue weighted by molar-refractivity contribution is 0.669. The molecule has 9 aromatic carbocycles. The molecule has 0 amide bonds. The summed E-state index contributed by atoms with van der Waals surface area (Å²) in [4.78, 5) is 0. The van der Waals surface area contributed by atoms with Gasteiger partial charge in [0, 0.05) is 10.8 Å². The van der Waals surface area contributed by atoms with Crippen LogP contribution in [0.15, 0.2) is 186 Å². The maximum atomic E-state index is 6.57. The van der Waals surface area contributed by atoms with Gasteiger partial charge in [0.15, 0.2) is 0 Å². The van der Waals surface area contributed by atoms with Gasteiger partial charge >= 0.3 is 0 Å². The molecule has 0 atom stereocenters. The van der Waals surface area contributed by atoms with Crippen molar-refractivity contribution in [2.75, 3.05) is 0 Å². The first kappa shape index (κ1) is 27.7. The molecule has 1 heterocycles. The summed E-state index contributed by atoms with van der Waals surface area (Å²) in [6.07, 6.45) is 0. The van der Waals surface area contributed by atoms with Crippen LogP contribution in [0.3, 0.4) is 0 Å². The largest absolute Gasteiger partial charge is 0.456 e. The summed E-state index contributed by atoms with van der Waals surface area (Å²) < 4.78 is 6.57. The molecule has 228 valence electrons. The van der Waals surface area contributed by atoms with Crippen LogP contribution in [0.5, 0.6) is 0 Å². The van der Waals surface area contributed by atoms with Crippen molar-refractivity contribution in [2.24, 2.45) is 0 Å². The van der Waals surface area contributed by atoms with Gasteiger partial charge in [0.1, 0.15) is 11.2 Å². The molecule has 0 saturated carbocycles. The van der Waals surface area contributed by atoms with Crippen molar-refractivity contribution in [1.82, 2.24) is 0 Å². The number of hydrogen-bond acceptors (Lipinski definition) is 1. The van der Waals surface area contributed by atoms with Gasteiger partial charge in [-0.1, -0.05) is 152 Å². The quantitative estimate of drug-likeness (QED) is 0.178. The highest BCUT2D eigenvalue weighted by molar-refractivity contribution is 6.26. The fourth-order valence-corrected chi connectivity index (χ4v) is 7.79. The highest BCUT2D eigenvalue weighted by Gasteiger charge is 2.21. The minimum absolute atomic E-state index is 0.903. The molecular weight excluding hydrogens is 593 g/mol. The molecule has 0 radical (unpaired) electrons. The van der Waals surface area contributed by atoms with Crippen molar-refractivity contribution < 1.29 is 4.42 Å². The van der Waals surface area contributed by atoms with E-state index in [0.29, 0.717) is 0 Å². The number of rotatable bonds is 4. The lowest BCUT2D eigenvalue weighted by Gasteiger charge is -2.19. The average molecular weight is 623 g/mol. The first-order valence-corrected chi connectivity index (χ1v) is 16.8. The van der Waals surface area contributed by atoms with Gasteiger partial charge in [-0.3, -0.25) is 0 Å². The highest BCUT2D eigenvalue weighted by Crippen LogP contribution is 2.48. The first-order valence-electron chi connectivity index (χ1n) is 16.8. The van der Waals surface area contributed by atoms with E-state index in [1.165, 1.54) is 76.8 Å². The van der Waals surface area contributed by atoms with Crippen molar-refractivity contribution >= 4 is 54.3 Å². The molecule has 1 aromatic heterocycles. The second-order valence-electron chi connectivity index (χ2n) is 12.8. The lowest BCUT2D eigenvalue weighted by Crippen LogP contribution is -1.92. The Morgan fingerprint density at radius 3 is 1.61 bits per heavy atom. The maximum Gasteiger partial charge on any atom is 0.136 e. The Morgan fingerprint density at radius 1 is 0.286 bits per heavy atom. The molecule has 0 aliphatic rings. The van der Waals surface area contributed by atoms with Gasteiger partial charge in [-0.15, -0.1) is 0 Å². The van der Waals surface area contributed by atoms with Gasteiger partial charge in [0.05, 0.1) is 0 Å². The summed E-state index contributed by atoms with van der Waals surface area (Å²) in [5, 5.41) is 9.60. The SMILES string of the molecule is c1ccc(-c2cccc(-c3c4ccccc4c(-c4cccc5oc6cc7ccccc7cc6c45)c4ccc(-c5ccccc5)cc34)c2)cc1. The number of hydrogen-bond donors (Lipinski definition) is 0. The van der Waals surface area contributed by atoms with Crippen molar-refractivity contribution in [3.05, 3.63) is 182 Å². The summed E-state index contributed by atoms with van der Waals surface area (Å²) in [5.74, 6) is 0. The predicted molar refractivity (Wildman–Crippen MR) is 208 cm³/mol. The van der Waals surface area contributed by atoms with E-state index in [4.69, 9.17) is 4.42 Å². The predicted octanol–water partition coefficient (Wildman–Crippen LogP) is 13.7. The Kier molecular flexibility index (Phi) is 6.25. The van der Waals surface area contributed by atoms with Gasteiger partial charge in [-0.25, -0.2) is 0 Å². The normalized spacial score (nSPS) is 11.7. The van der Waals surface area contributed by atoms with Gasteiger partial charge < -0.3 is 4.42 Å². The van der Waals surface area contributed by atoms with Crippen LogP contribution in [0.1, 0.15) is 0 Å². The second kappa shape index (κ2) is 11.1. The third-order valence-electron chi connectivity index (χ3n) is 10.0. The molecule has 0 unspecified atom stereocenters. The zero-order valence-electron chi connectivity index (χ0n) is 26.7. The fraction of sp³-hybridized carbons (Fsp3) is 0. The average Bonchev–Trinajstić information content (AvgIpc) is 3.54. The monoisotopic (exact) mass is 622 g/mol. The maximum absolute atomic E-state index is 6.57. The molecule has 0 N–H and O–H groups in total. The van der Waals surface area contributed by atoms with E-state index in [0.717, 1.165) is 21.9 Å². The van der Waals surface area contributed by atoms with Crippen LogP contribution in [-0.4, -0.2) is 0 Å². The molecule has 10 aromatic rings. The summed E-state index contributed by atoms with van der Waals surface area (Å²) in [6.45, 7) is 0. The molecule has 0 aliphatic heterocycles. The first-order chi connectivity index (χ1) is 24.3. The van der Waals surface area contributed by atoms with Crippen LogP contribution in [0.2, 0.25) is 0 Å². The summed E-state index contributed by atoms with van der Waals surface area (Å²) in [7, 11) is 0. The minimum atomic E-state index is 0.903. The van der Waals surface area contributed by atoms with Crippen molar-refractivity contribution in [3.8, 4) is 44.5 Å². The molecule has 0 aliphatic carbocycles. The zero-order valence-corrected chi connectivity index (χ0v) is 26.7. The van der Waals surface area contributed by atoms with E-state index in [9.17, 15) is 0 Å². The summed E-state index contributed by atoms with van der Waals surface area (Å²) in [5.41, 5.74) is 11.5. The standard InChI is InChI=1S/C48H30O/c1-3-13-31(14-4-1)33-19-11-20-37(27-33)46-38-21-9-10-22-39(38)47(40-26-25-36(28-42(40)46)32-15-5-2-6-16-32)41-23-12-24-44-48(41)43-29-34-17-7-8-18-35(34)30-45(43)49-44/h1-30H. The zero-order chi connectivity index (χ0) is 32.3. The van der Waals surface area contributed by atoms with E-state index in [-0.39, 0.29) is 0 Å². The molecule has 0 bridgehead atoms. The third kappa shape index (κ3) is 4.47. The summed E-state index contributed by atoms with van der Waals surface area (Å²) >= 11 is 0. The van der Waals surface area contributed by atoms with Gasteiger partial charge in [0.2, 0.25) is 0 Å². The van der Waals surface area contributed by atoms with Crippen molar-refractivity contribution in [1.29, 1.82) is 0 Å². The van der Waals surface area contributed by atoms with Crippen LogP contribution < -0.4 is 0 Å². The van der Waals surface area contributed by atoms with Crippen LogP contribution in [0, 0.1) is 0 Å². The molecule has 0 spiro atoms. The number of furan rings is 1. The summed E-state index contributed by atoms with van der Waals surface area (Å²) in [6, 6.07) is 65.8. The Morgan fingerprint density at radius 2 is 0.857 bits per heavy atom. The molecule has 1 nitrogen and oxygen atoms in total. The molecule has 10 rings (SSSR count). The van der Waals surface area contributed by atoms with Crippen molar-refractivity contribution in [2.45, 2.75) is 0 Å². The number of benzene rings is 9. The minimum Gasteiger partial charge on any atom is -0.456 e. The van der Waals surface area contributed by atoms with Gasteiger partial charge in [0.25, 0.3) is 0 Å². The van der Waals surface area contributed by atoms with Crippen LogP contribution in [0.4, 0.5) is 0 Å². The van der Waals surface area contributed by atoms with Crippen molar-refractivity contribution in [3.63, 3.8) is 0 Å². The number of fused-ring (bicyclic) bond motifs is 6. The van der Waals surface area contributed by atoms with Crippen LogP contribution >= 0.6 is 0 Å².